The van der Waals surface area contributed by atoms with E-state index in [-0.39, 0.29) is 5.91 Å². The van der Waals surface area contributed by atoms with E-state index in [2.05, 4.69) is 0 Å². The normalized spacial score (nSPS) is 12.5. The number of likely N-dealkylation sites (N-methyl/N-ethyl adjacent to an activating group) is 1. The monoisotopic (exact) mass is 375 g/mol. The number of carbonyl (C=O) groups excluding carboxylic acids is 1. The molecule has 2 aromatic carbocycles. The van der Waals surface area contributed by atoms with Gasteiger partial charge in [0.25, 0.3) is 0 Å². The maximum atomic E-state index is 12.3. The molecule has 1 aliphatic heterocycles. The van der Waals surface area contributed by atoms with Crippen molar-refractivity contribution in [2.75, 3.05) is 33.4 Å². The fourth-order valence-electron chi connectivity index (χ4n) is 2.64. The Morgan fingerprint density at radius 2 is 1.85 bits per heavy atom. The number of nitrogens with zero attached hydrogens (tertiary/aromatic N) is 1. The molecule has 0 N–H and O–H groups in total. The quantitative estimate of drug-likeness (QED) is 0.742. The van der Waals surface area contributed by atoms with E-state index in [4.69, 9.17) is 25.8 Å². The van der Waals surface area contributed by atoms with E-state index in [1.165, 1.54) is 0 Å². The van der Waals surface area contributed by atoms with Crippen LogP contribution in [0.3, 0.4) is 0 Å². The lowest BCUT2D eigenvalue weighted by molar-refractivity contribution is -0.130. The summed E-state index contributed by atoms with van der Waals surface area (Å²) in [5.74, 6) is 2.35. The number of rotatable bonds is 7. The number of fused-ring (bicyclic) bond motifs is 1. The van der Waals surface area contributed by atoms with E-state index in [1.54, 1.807) is 24.1 Å². The third kappa shape index (κ3) is 5.05. The minimum absolute atomic E-state index is 0.0830. The van der Waals surface area contributed by atoms with Gasteiger partial charge in [-0.25, -0.2) is 0 Å². The Morgan fingerprint density at radius 3 is 2.62 bits per heavy atom. The number of benzene rings is 2. The Balaban J connectivity index is 1.42. The lowest BCUT2D eigenvalue weighted by Crippen LogP contribution is -2.31. The molecule has 0 unspecified atom stereocenters. The first kappa shape index (κ1) is 18.4. The molecule has 0 aromatic heterocycles. The molecule has 0 atom stereocenters. The van der Waals surface area contributed by atoms with Crippen LogP contribution in [-0.2, 0) is 11.2 Å². The van der Waals surface area contributed by atoms with Crippen molar-refractivity contribution in [2.45, 2.75) is 12.8 Å². The van der Waals surface area contributed by atoms with E-state index in [0.717, 1.165) is 22.8 Å². The summed E-state index contributed by atoms with van der Waals surface area (Å²) in [6.07, 6.45) is 1.11. The average Bonchev–Trinajstić information content (AvgIpc) is 2.67. The second-order valence-electron chi connectivity index (χ2n) is 6.10. The van der Waals surface area contributed by atoms with Crippen LogP contribution >= 0.6 is 11.6 Å². The summed E-state index contributed by atoms with van der Waals surface area (Å²) in [5, 5.41) is 0.670. The average molecular weight is 376 g/mol. The Morgan fingerprint density at radius 1 is 1.12 bits per heavy atom. The van der Waals surface area contributed by atoms with Gasteiger partial charge in [-0.05, 0) is 48.4 Å². The highest BCUT2D eigenvalue weighted by Crippen LogP contribution is 2.31. The van der Waals surface area contributed by atoms with Crippen molar-refractivity contribution >= 4 is 17.5 Å². The molecular weight excluding hydrogens is 354 g/mol. The van der Waals surface area contributed by atoms with E-state index in [1.807, 2.05) is 30.3 Å². The summed E-state index contributed by atoms with van der Waals surface area (Å²) in [6.45, 7) is 2.11. The molecule has 0 fully saturated rings. The number of aryl methyl sites for hydroxylation is 1. The lowest BCUT2D eigenvalue weighted by Gasteiger charge is -2.19. The Kier molecular flexibility index (Phi) is 6.23. The molecule has 0 aliphatic carbocycles. The molecule has 0 saturated carbocycles. The third-order valence-electron chi connectivity index (χ3n) is 4.17. The largest absolute Gasteiger partial charge is 0.492 e. The van der Waals surface area contributed by atoms with Crippen LogP contribution in [0, 0.1) is 0 Å². The number of halogens is 1. The van der Waals surface area contributed by atoms with Gasteiger partial charge >= 0.3 is 0 Å². The highest BCUT2D eigenvalue weighted by Gasteiger charge is 2.13. The first-order valence-electron chi connectivity index (χ1n) is 8.63. The molecule has 0 saturated heterocycles. The van der Waals surface area contributed by atoms with Gasteiger partial charge in [0, 0.05) is 18.5 Å². The van der Waals surface area contributed by atoms with Crippen molar-refractivity contribution in [1.29, 1.82) is 0 Å². The van der Waals surface area contributed by atoms with Crippen LogP contribution in [0.2, 0.25) is 5.02 Å². The van der Waals surface area contributed by atoms with E-state index >= 15 is 0 Å². The molecule has 0 bridgehead atoms. The van der Waals surface area contributed by atoms with Crippen LogP contribution in [-0.4, -0.2) is 44.2 Å². The van der Waals surface area contributed by atoms with Gasteiger partial charge in [0.15, 0.2) is 11.5 Å². The maximum absolute atomic E-state index is 12.3. The number of amides is 1. The molecule has 1 heterocycles. The van der Waals surface area contributed by atoms with Crippen molar-refractivity contribution < 1.29 is 19.0 Å². The standard InChI is InChI=1S/C20H22ClNO4/c1-22(10-11-24-17-6-4-16(21)5-7-17)20(23)9-3-15-2-8-18-19(14-15)26-13-12-25-18/h2,4-8,14H,3,9-13H2,1H3. The van der Waals surface area contributed by atoms with Crippen molar-refractivity contribution in [3.8, 4) is 17.2 Å². The summed E-state index contributed by atoms with van der Waals surface area (Å²) in [6, 6.07) is 13.0. The minimum Gasteiger partial charge on any atom is -0.492 e. The molecule has 2 aromatic rings. The van der Waals surface area contributed by atoms with Gasteiger partial charge in [0.05, 0.1) is 6.54 Å². The first-order chi connectivity index (χ1) is 12.6. The van der Waals surface area contributed by atoms with Crippen LogP contribution in [0.1, 0.15) is 12.0 Å². The zero-order valence-corrected chi connectivity index (χ0v) is 15.5. The van der Waals surface area contributed by atoms with Crippen molar-refractivity contribution in [1.82, 2.24) is 4.90 Å². The number of hydrogen-bond acceptors (Lipinski definition) is 4. The van der Waals surface area contributed by atoms with Crippen LogP contribution in [0.5, 0.6) is 17.2 Å². The van der Waals surface area contributed by atoms with Crippen LogP contribution in [0.15, 0.2) is 42.5 Å². The van der Waals surface area contributed by atoms with Gasteiger partial charge in [-0.3, -0.25) is 4.79 Å². The topological polar surface area (TPSA) is 48.0 Å². The van der Waals surface area contributed by atoms with E-state index < -0.39 is 0 Å². The van der Waals surface area contributed by atoms with Crippen molar-refractivity contribution in [2.24, 2.45) is 0 Å². The van der Waals surface area contributed by atoms with Crippen LogP contribution in [0.25, 0.3) is 0 Å². The first-order valence-corrected chi connectivity index (χ1v) is 9.00. The summed E-state index contributed by atoms with van der Waals surface area (Å²) < 4.78 is 16.7. The zero-order chi connectivity index (χ0) is 18.4. The third-order valence-corrected chi connectivity index (χ3v) is 4.42. The van der Waals surface area contributed by atoms with Crippen molar-refractivity contribution in [3.05, 3.63) is 53.1 Å². The van der Waals surface area contributed by atoms with E-state index in [0.29, 0.717) is 44.2 Å². The highest BCUT2D eigenvalue weighted by atomic mass is 35.5. The lowest BCUT2D eigenvalue weighted by atomic mass is 10.1. The van der Waals surface area contributed by atoms with Gasteiger partial charge in [-0.1, -0.05) is 17.7 Å². The van der Waals surface area contributed by atoms with Gasteiger partial charge in [-0.15, -0.1) is 0 Å². The van der Waals surface area contributed by atoms with Gasteiger partial charge in [0.2, 0.25) is 5.91 Å². The molecule has 6 heteroatoms. The zero-order valence-electron chi connectivity index (χ0n) is 14.7. The summed E-state index contributed by atoms with van der Waals surface area (Å²) in [5.41, 5.74) is 1.06. The van der Waals surface area contributed by atoms with Crippen molar-refractivity contribution in [3.63, 3.8) is 0 Å². The number of carbonyl (C=O) groups is 1. The predicted molar refractivity (Wildman–Crippen MR) is 100 cm³/mol. The second kappa shape index (κ2) is 8.81. The molecule has 5 nitrogen and oxygen atoms in total. The Labute approximate surface area is 158 Å². The maximum Gasteiger partial charge on any atom is 0.222 e. The minimum atomic E-state index is 0.0830. The summed E-state index contributed by atoms with van der Waals surface area (Å²) in [7, 11) is 1.79. The van der Waals surface area contributed by atoms with Gasteiger partial charge in [0.1, 0.15) is 25.6 Å². The number of ether oxygens (including phenoxy) is 3. The summed E-state index contributed by atoms with van der Waals surface area (Å²) >= 11 is 5.84. The van der Waals surface area contributed by atoms with Crippen LogP contribution < -0.4 is 14.2 Å². The van der Waals surface area contributed by atoms with Crippen LogP contribution in [0.4, 0.5) is 0 Å². The smallest absolute Gasteiger partial charge is 0.222 e. The van der Waals surface area contributed by atoms with E-state index in [9.17, 15) is 4.79 Å². The molecule has 0 spiro atoms. The Hall–Kier alpha value is -2.40. The molecule has 138 valence electrons. The number of hydrogen-bond donors (Lipinski definition) is 0. The fourth-order valence-corrected chi connectivity index (χ4v) is 2.77. The predicted octanol–water partition coefficient (Wildman–Crippen LogP) is 3.58. The Bertz CT molecular complexity index is 748. The van der Waals surface area contributed by atoms with Gasteiger partial charge < -0.3 is 19.1 Å². The summed E-state index contributed by atoms with van der Waals surface area (Å²) in [4.78, 5) is 14.0. The van der Waals surface area contributed by atoms with Gasteiger partial charge in [-0.2, -0.15) is 0 Å². The SMILES string of the molecule is CN(CCOc1ccc(Cl)cc1)C(=O)CCc1ccc2c(c1)OCCO2. The second-order valence-corrected chi connectivity index (χ2v) is 6.53. The molecular formula is C20H22ClNO4. The molecule has 0 radical (unpaired) electrons. The molecule has 1 aliphatic rings. The molecule has 1 amide bonds. The fraction of sp³-hybridized carbons (Fsp3) is 0.350. The highest BCUT2D eigenvalue weighted by molar-refractivity contribution is 6.30. The molecule has 3 rings (SSSR count). The molecule has 26 heavy (non-hydrogen) atoms.